The van der Waals surface area contributed by atoms with Crippen LogP contribution in [-0.4, -0.2) is 59.3 Å². The van der Waals surface area contributed by atoms with Crippen molar-refractivity contribution >= 4 is 52.1 Å². The summed E-state index contributed by atoms with van der Waals surface area (Å²) in [5.41, 5.74) is 1.85. The molecule has 0 saturated carbocycles. The van der Waals surface area contributed by atoms with E-state index in [-0.39, 0.29) is 24.8 Å². The SMILES string of the molecule is CCCCCCCN1C(=O)CC(C(=O)Nc2ccc(C(=O)OC)cc2)SC1=Nc1ccc(C(=O)OCC)cc1. The molecule has 2 aromatic carbocycles. The number of amidine groups is 1. The Kier molecular flexibility index (Phi) is 11.5. The largest absolute Gasteiger partial charge is 0.465 e. The average molecular weight is 554 g/mol. The van der Waals surface area contributed by atoms with Crippen LogP contribution in [0.1, 0.15) is 73.1 Å². The van der Waals surface area contributed by atoms with Crippen molar-refractivity contribution < 1.29 is 28.7 Å². The summed E-state index contributed by atoms with van der Waals surface area (Å²) in [7, 11) is 1.30. The number of anilines is 1. The molecule has 9 nitrogen and oxygen atoms in total. The number of ether oxygens (including phenoxy) is 2. The van der Waals surface area contributed by atoms with E-state index in [0.29, 0.717) is 34.2 Å². The number of hydrogen-bond acceptors (Lipinski definition) is 8. The zero-order chi connectivity index (χ0) is 28.2. The molecule has 1 heterocycles. The highest BCUT2D eigenvalue weighted by Crippen LogP contribution is 2.30. The molecule has 2 aromatic rings. The molecule has 0 bridgehead atoms. The lowest BCUT2D eigenvalue weighted by Crippen LogP contribution is -2.45. The molecule has 1 aliphatic rings. The Morgan fingerprint density at radius 1 is 0.949 bits per heavy atom. The third-order valence-corrected chi connectivity index (χ3v) is 7.28. The van der Waals surface area contributed by atoms with Crippen LogP contribution in [0.5, 0.6) is 0 Å². The predicted molar refractivity (Wildman–Crippen MR) is 152 cm³/mol. The van der Waals surface area contributed by atoms with Gasteiger partial charge in [-0.15, -0.1) is 0 Å². The first kappa shape index (κ1) is 29.9. The minimum Gasteiger partial charge on any atom is -0.465 e. The van der Waals surface area contributed by atoms with Crippen LogP contribution < -0.4 is 5.32 Å². The van der Waals surface area contributed by atoms with Crippen LogP contribution in [0.4, 0.5) is 11.4 Å². The second-order valence-corrected chi connectivity index (χ2v) is 10.2. The van der Waals surface area contributed by atoms with E-state index in [1.54, 1.807) is 60.4 Å². The second-order valence-electron chi connectivity index (χ2n) is 8.99. The van der Waals surface area contributed by atoms with E-state index in [2.05, 4.69) is 12.2 Å². The number of amides is 2. The first-order valence-corrected chi connectivity index (χ1v) is 14.1. The molecule has 1 atom stereocenters. The Morgan fingerprint density at radius 2 is 1.59 bits per heavy atom. The number of aliphatic imine (C=N–C) groups is 1. The monoisotopic (exact) mass is 553 g/mol. The molecule has 3 rings (SSSR count). The number of carbonyl (C=O) groups is 4. The van der Waals surface area contributed by atoms with Crippen LogP contribution in [0.15, 0.2) is 53.5 Å². The molecule has 0 aromatic heterocycles. The summed E-state index contributed by atoms with van der Waals surface area (Å²) in [5.74, 6) is -1.37. The molecule has 1 unspecified atom stereocenters. The van der Waals surface area contributed by atoms with E-state index in [1.165, 1.54) is 18.9 Å². The maximum atomic E-state index is 13.2. The van der Waals surface area contributed by atoms with E-state index in [9.17, 15) is 19.2 Å². The molecule has 10 heteroatoms. The van der Waals surface area contributed by atoms with Crippen LogP contribution in [-0.2, 0) is 19.1 Å². The summed E-state index contributed by atoms with van der Waals surface area (Å²) >= 11 is 1.24. The van der Waals surface area contributed by atoms with Gasteiger partial charge in [0.2, 0.25) is 11.8 Å². The molecule has 1 fully saturated rings. The van der Waals surface area contributed by atoms with E-state index >= 15 is 0 Å². The molecule has 1 N–H and O–H groups in total. The van der Waals surface area contributed by atoms with E-state index < -0.39 is 17.2 Å². The van der Waals surface area contributed by atoms with Crippen molar-refractivity contribution in [1.82, 2.24) is 4.90 Å². The number of benzene rings is 2. The van der Waals surface area contributed by atoms with Crippen LogP contribution in [0.2, 0.25) is 0 Å². The Bertz CT molecular complexity index is 1180. The van der Waals surface area contributed by atoms with Crippen molar-refractivity contribution in [2.24, 2.45) is 4.99 Å². The molecule has 0 aliphatic carbocycles. The number of methoxy groups -OCH3 is 1. The summed E-state index contributed by atoms with van der Waals surface area (Å²) in [6.07, 6.45) is 5.29. The van der Waals surface area contributed by atoms with Crippen molar-refractivity contribution in [3.8, 4) is 0 Å². The van der Waals surface area contributed by atoms with Gasteiger partial charge in [0.05, 0.1) is 30.5 Å². The van der Waals surface area contributed by atoms with E-state index in [0.717, 1.165) is 32.1 Å². The number of hydrogen-bond donors (Lipinski definition) is 1. The van der Waals surface area contributed by atoms with Crippen LogP contribution >= 0.6 is 11.8 Å². The fraction of sp³-hybridized carbons (Fsp3) is 0.414. The van der Waals surface area contributed by atoms with Gasteiger partial charge in [-0.1, -0.05) is 44.4 Å². The second kappa shape index (κ2) is 15.1. The van der Waals surface area contributed by atoms with Gasteiger partial charge < -0.3 is 14.8 Å². The minimum atomic E-state index is -0.674. The zero-order valence-electron chi connectivity index (χ0n) is 22.6. The van der Waals surface area contributed by atoms with Crippen LogP contribution in [0, 0.1) is 0 Å². The van der Waals surface area contributed by atoms with Crippen molar-refractivity contribution in [1.29, 1.82) is 0 Å². The number of unbranched alkanes of at least 4 members (excludes halogenated alkanes) is 4. The number of thioether (sulfide) groups is 1. The fourth-order valence-corrected chi connectivity index (χ4v) is 5.09. The zero-order valence-corrected chi connectivity index (χ0v) is 23.4. The lowest BCUT2D eigenvalue weighted by molar-refractivity contribution is -0.129. The first-order valence-electron chi connectivity index (χ1n) is 13.2. The topological polar surface area (TPSA) is 114 Å². The Morgan fingerprint density at radius 3 is 2.23 bits per heavy atom. The molecule has 208 valence electrons. The van der Waals surface area contributed by atoms with Gasteiger partial charge in [0, 0.05) is 18.7 Å². The lowest BCUT2D eigenvalue weighted by Gasteiger charge is -2.32. The quantitative estimate of drug-likeness (QED) is 0.270. The lowest BCUT2D eigenvalue weighted by atomic mass is 10.1. The van der Waals surface area contributed by atoms with Crippen molar-refractivity contribution in [2.75, 3.05) is 25.6 Å². The maximum absolute atomic E-state index is 13.2. The number of rotatable bonds is 12. The molecule has 39 heavy (non-hydrogen) atoms. The van der Waals surface area contributed by atoms with Crippen molar-refractivity contribution in [3.63, 3.8) is 0 Å². The summed E-state index contributed by atoms with van der Waals surface area (Å²) in [6, 6.07) is 13.0. The minimum absolute atomic E-state index is 0.0481. The predicted octanol–water partition coefficient (Wildman–Crippen LogP) is 5.58. The number of esters is 2. The highest BCUT2D eigenvalue weighted by atomic mass is 32.2. The third kappa shape index (κ3) is 8.68. The van der Waals surface area contributed by atoms with Crippen molar-refractivity contribution in [3.05, 3.63) is 59.7 Å². The average Bonchev–Trinajstić information content (AvgIpc) is 2.94. The van der Waals surface area contributed by atoms with Gasteiger partial charge >= 0.3 is 11.9 Å². The smallest absolute Gasteiger partial charge is 0.338 e. The molecule has 1 saturated heterocycles. The number of nitrogens with one attached hydrogen (secondary N) is 1. The van der Waals surface area contributed by atoms with E-state index in [4.69, 9.17) is 14.5 Å². The standard InChI is InChI=1S/C29H35N3O6S/c1-4-6-7-8-9-18-32-25(33)19-24(26(34)30-22-14-10-20(11-15-22)27(35)37-3)39-29(32)31-23-16-12-21(13-17-23)28(36)38-5-2/h10-17,24H,4-9,18-19H2,1-3H3,(H,30,34). The summed E-state index contributed by atoms with van der Waals surface area (Å²) < 4.78 is 9.74. The molecule has 0 radical (unpaired) electrons. The molecule has 2 amide bonds. The Labute approximate surface area is 233 Å². The van der Waals surface area contributed by atoms with Gasteiger partial charge in [0.15, 0.2) is 5.17 Å². The maximum Gasteiger partial charge on any atom is 0.338 e. The highest BCUT2D eigenvalue weighted by Gasteiger charge is 2.35. The third-order valence-electron chi connectivity index (χ3n) is 6.09. The van der Waals surface area contributed by atoms with Crippen LogP contribution in [0.3, 0.4) is 0 Å². The van der Waals surface area contributed by atoms with Gasteiger partial charge in [0.25, 0.3) is 0 Å². The first-order chi connectivity index (χ1) is 18.9. The Balaban J connectivity index is 1.76. The van der Waals surface area contributed by atoms with Gasteiger partial charge in [0.1, 0.15) is 5.25 Å². The summed E-state index contributed by atoms with van der Waals surface area (Å²) in [5, 5.41) is 2.60. The van der Waals surface area contributed by atoms with Gasteiger partial charge in [-0.3, -0.25) is 14.5 Å². The summed E-state index contributed by atoms with van der Waals surface area (Å²) in [4.78, 5) is 56.3. The fourth-order valence-electron chi connectivity index (χ4n) is 3.96. The number of nitrogens with zero attached hydrogens (tertiary/aromatic N) is 2. The molecule has 0 spiro atoms. The Hall–Kier alpha value is -3.66. The van der Waals surface area contributed by atoms with E-state index in [1.807, 2.05) is 0 Å². The van der Waals surface area contributed by atoms with Gasteiger partial charge in [-0.25, -0.2) is 14.6 Å². The van der Waals surface area contributed by atoms with Gasteiger partial charge in [-0.2, -0.15) is 0 Å². The van der Waals surface area contributed by atoms with Gasteiger partial charge in [-0.05, 0) is 61.9 Å². The van der Waals surface area contributed by atoms with Crippen LogP contribution in [0.25, 0.3) is 0 Å². The molecular formula is C29H35N3O6S. The molecular weight excluding hydrogens is 518 g/mol. The molecule has 1 aliphatic heterocycles. The van der Waals surface area contributed by atoms with Crippen molar-refractivity contribution in [2.45, 2.75) is 57.6 Å². The normalized spacial score (nSPS) is 16.2. The highest BCUT2D eigenvalue weighted by molar-refractivity contribution is 8.15. The number of carbonyl (C=O) groups excluding carboxylic acids is 4. The summed E-state index contributed by atoms with van der Waals surface area (Å²) in [6.45, 7) is 4.71.